The number of hydrazone groups is 1. The minimum atomic E-state index is -3.42. The van der Waals surface area contributed by atoms with Crippen molar-refractivity contribution in [2.45, 2.75) is 51.8 Å². The number of alkyl halides is 4. The fraction of sp³-hybridized carbons (Fsp3) is 0.615. The van der Waals surface area contributed by atoms with Crippen molar-refractivity contribution in [3.63, 3.8) is 0 Å². The molecule has 0 aromatic carbocycles. The van der Waals surface area contributed by atoms with E-state index in [0.717, 1.165) is 11.4 Å². The van der Waals surface area contributed by atoms with Crippen LogP contribution in [0.25, 0.3) is 0 Å². The van der Waals surface area contributed by atoms with Crippen molar-refractivity contribution in [2.24, 2.45) is 5.10 Å². The van der Waals surface area contributed by atoms with Gasteiger partial charge < -0.3 is 5.11 Å². The molecule has 6 nitrogen and oxygen atoms in total. The first-order valence-electron chi connectivity index (χ1n) is 6.85. The Morgan fingerprint density at radius 1 is 1.39 bits per heavy atom. The molecule has 1 N–H and O–H groups in total. The summed E-state index contributed by atoms with van der Waals surface area (Å²) in [7, 11) is 0. The third-order valence-electron chi connectivity index (χ3n) is 3.51. The Hall–Kier alpha value is -1.97. The van der Waals surface area contributed by atoms with Crippen molar-refractivity contribution < 1.29 is 27.5 Å². The van der Waals surface area contributed by atoms with Gasteiger partial charge in [0, 0.05) is 18.5 Å². The number of hydrogen-bond donors (Lipinski definition) is 1. The van der Waals surface area contributed by atoms with Gasteiger partial charge in [-0.3, -0.25) is 9.48 Å². The third kappa shape index (κ3) is 3.36. The molecule has 0 fully saturated rings. The van der Waals surface area contributed by atoms with Crippen LogP contribution in [0.15, 0.2) is 11.2 Å². The maximum absolute atomic E-state index is 13.0. The lowest BCUT2D eigenvalue weighted by atomic mass is 10.1. The number of hydrogen-bond acceptors (Lipinski definition) is 4. The molecule has 1 aliphatic rings. The van der Waals surface area contributed by atoms with Crippen molar-refractivity contribution in [3.8, 4) is 0 Å². The van der Waals surface area contributed by atoms with Crippen LogP contribution in [0.5, 0.6) is 0 Å². The molecule has 1 atom stereocenters. The monoisotopic (exact) mass is 336 g/mol. The van der Waals surface area contributed by atoms with Gasteiger partial charge in [-0.15, -0.1) is 0 Å². The molecule has 1 aliphatic heterocycles. The Kier molecular flexibility index (Phi) is 4.73. The van der Waals surface area contributed by atoms with Crippen LogP contribution in [0, 0.1) is 13.8 Å². The topological polar surface area (TPSA) is 70.7 Å². The zero-order chi connectivity index (χ0) is 17.4. The Morgan fingerprint density at radius 2 is 2.04 bits per heavy atom. The zero-order valence-corrected chi connectivity index (χ0v) is 12.5. The molecule has 0 unspecified atom stereocenters. The van der Waals surface area contributed by atoms with Gasteiger partial charge in [-0.1, -0.05) is 0 Å². The molecular weight excluding hydrogens is 320 g/mol. The van der Waals surface area contributed by atoms with E-state index in [4.69, 9.17) is 0 Å². The van der Waals surface area contributed by atoms with E-state index in [1.807, 2.05) is 0 Å². The van der Waals surface area contributed by atoms with E-state index in [1.54, 1.807) is 19.9 Å². The first-order valence-corrected chi connectivity index (χ1v) is 6.85. The van der Waals surface area contributed by atoms with Crippen LogP contribution >= 0.6 is 0 Å². The molecule has 0 bridgehead atoms. The second kappa shape index (κ2) is 6.26. The van der Waals surface area contributed by atoms with Crippen LogP contribution < -0.4 is 0 Å². The highest BCUT2D eigenvalue weighted by atomic mass is 19.3. The normalized spacial score (nSPS) is 21.4. The number of aryl methyl sites for hydroxylation is 3. The standard InChI is InChI=1S/C13H16F4N4O2/c1-7-5-8(2)20(18-7)4-3-10(22)21-13(23,12(16)17)6-9(19-21)11(14)15/h5,11-12,23H,3-4,6H2,1-2H3/t13-/m0/s1. The summed E-state index contributed by atoms with van der Waals surface area (Å²) in [5.74, 6) is -0.976. The number of rotatable bonds is 5. The second-order valence-corrected chi connectivity index (χ2v) is 5.35. The molecule has 0 aliphatic carbocycles. The quantitative estimate of drug-likeness (QED) is 0.832. The fourth-order valence-corrected chi connectivity index (χ4v) is 2.36. The first kappa shape index (κ1) is 17.4. The molecule has 0 radical (unpaired) electrons. The van der Waals surface area contributed by atoms with Gasteiger partial charge in [-0.25, -0.2) is 17.6 Å². The Balaban J connectivity index is 2.13. The maximum Gasteiger partial charge on any atom is 0.287 e. The predicted octanol–water partition coefficient (Wildman–Crippen LogP) is 1.70. The second-order valence-electron chi connectivity index (χ2n) is 5.35. The van der Waals surface area contributed by atoms with E-state index < -0.39 is 36.6 Å². The van der Waals surface area contributed by atoms with E-state index >= 15 is 0 Å². The van der Waals surface area contributed by atoms with Crippen LogP contribution in [-0.2, 0) is 11.3 Å². The van der Waals surface area contributed by atoms with Crippen LogP contribution in [0.3, 0.4) is 0 Å². The minimum absolute atomic E-state index is 0.0633. The van der Waals surface area contributed by atoms with Gasteiger partial charge in [0.1, 0.15) is 5.71 Å². The summed E-state index contributed by atoms with van der Waals surface area (Å²) in [5, 5.41) is 17.2. The summed E-state index contributed by atoms with van der Waals surface area (Å²) in [5.41, 5.74) is -2.49. The highest BCUT2D eigenvalue weighted by molar-refractivity contribution is 5.92. The van der Waals surface area contributed by atoms with Crippen molar-refractivity contribution in [1.29, 1.82) is 0 Å². The SMILES string of the molecule is Cc1cc(C)n(CCC(=O)N2N=C(C(F)F)C[C@]2(O)C(F)F)n1. The first-order chi connectivity index (χ1) is 10.6. The summed E-state index contributed by atoms with van der Waals surface area (Å²) < 4.78 is 52.8. The summed E-state index contributed by atoms with van der Waals surface area (Å²) in [6.07, 6.45) is -7.92. The molecule has 2 heterocycles. The summed E-state index contributed by atoms with van der Waals surface area (Å²) in [4.78, 5) is 12.1. The van der Waals surface area contributed by atoms with Crippen LogP contribution in [0.1, 0.15) is 24.2 Å². The number of amides is 1. The number of aromatic nitrogens is 2. The van der Waals surface area contributed by atoms with E-state index in [9.17, 15) is 27.5 Å². The molecule has 0 saturated carbocycles. The zero-order valence-electron chi connectivity index (χ0n) is 12.5. The lowest BCUT2D eigenvalue weighted by molar-refractivity contribution is -0.192. The molecule has 0 spiro atoms. The average molecular weight is 336 g/mol. The Morgan fingerprint density at radius 3 is 2.52 bits per heavy atom. The molecular formula is C13H16F4N4O2. The van der Waals surface area contributed by atoms with Crippen molar-refractivity contribution >= 4 is 11.6 Å². The number of carbonyl (C=O) groups excluding carboxylic acids is 1. The smallest absolute Gasteiger partial charge is 0.287 e. The number of nitrogens with zero attached hydrogens (tertiary/aromatic N) is 4. The van der Waals surface area contributed by atoms with E-state index in [2.05, 4.69) is 10.2 Å². The highest BCUT2D eigenvalue weighted by Crippen LogP contribution is 2.33. The molecule has 1 aromatic heterocycles. The van der Waals surface area contributed by atoms with Gasteiger partial charge in [-0.05, 0) is 19.9 Å². The fourth-order valence-electron chi connectivity index (χ4n) is 2.36. The minimum Gasteiger partial charge on any atom is -0.364 e. The van der Waals surface area contributed by atoms with E-state index in [0.29, 0.717) is 0 Å². The van der Waals surface area contributed by atoms with Crippen molar-refractivity contribution in [1.82, 2.24) is 14.8 Å². The van der Waals surface area contributed by atoms with Gasteiger partial charge in [0.15, 0.2) is 0 Å². The molecule has 128 valence electrons. The van der Waals surface area contributed by atoms with E-state index in [-0.39, 0.29) is 18.0 Å². The van der Waals surface area contributed by atoms with Crippen LogP contribution in [-0.4, -0.2) is 50.1 Å². The highest BCUT2D eigenvalue weighted by Gasteiger charge is 2.53. The predicted molar refractivity (Wildman–Crippen MR) is 72.2 cm³/mol. The Labute approximate surface area is 129 Å². The van der Waals surface area contributed by atoms with Gasteiger partial charge in [0.2, 0.25) is 11.6 Å². The molecule has 1 aromatic rings. The van der Waals surface area contributed by atoms with Gasteiger partial charge >= 0.3 is 0 Å². The number of halogens is 4. The summed E-state index contributed by atoms with van der Waals surface area (Å²) >= 11 is 0. The molecule has 2 rings (SSSR count). The van der Waals surface area contributed by atoms with Crippen LogP contribution in [0.2, 0.25) is 0 Å². The van der Waals surface area contributed by atoms with Crippen molar-refractivity contribution in [2.75, 3.05) is 0 Å². The van der Waals surface area contributed by atoms with Crippen LogP contribution in [0.4, 0.5) is 17.6 Å². The van der Waals surface area contributed by atoms with Gasteiger partial charge in [0.05, 0.1) is 12.2 Å². The number of carbonyl (C=O) groups is 1. The summed E-state index contributed by atoms with van der Waals surface area (Å²) in [6, 6.07) is 1.77. The Bertz CT molecular complexity index is 631. The molecule has 0 saturated heterocycles. The third-order valence-corrected chi connectivity index (χ3v) is 3.51. The lowest BCUT2D eigenvalue weighted by Gasteiger charge is -2.30. The molecule has 10 heteroatoms. The molecule has 23 heavy (non-hydrogen) atoms. The summed E-state index contributed by atoms with van der Waals surface area (Å²) in [6.45, 7) is 3.57. The van der Waals surface area contributed by atoms with Gasteiger partial charge in [0.25, 0.3) is 12.9 Å². The average Bonchev–Trinajstić information content (AvgIpc) is 2.97. The van der Waals surface area contributed by atoms with E-state index in [1.165, 1.54) is 4.68 Å². The largest absolute Gasteiger partial charge is 0.364 e. The van der Waals surface area contributed by atoms with Gasteiger partial charge in [-0.2, -0.15) is 15.2 Å². The molecule has 1 amide bonds. The maximum atomic E-state index is 13.0. The number of aliphatic hydroxyl groups is 1. The lowest BCUT2D eigenvalue weighted by Crippen LogP contribution is -2.51. The van der Waals surface area contributed by atoms with Crippen molar-refractivity contribution in [3.05, 3.63) is 17.5 Å².